The monoisotopic (exact) mass is 599 g/mol. The Kier molecular flexibility index (Phi) is 9.05. The average molecular weight is 601 g/mol. The fraction of sp³-hybridized carbons (Fsp3) is 0.0385. The summed E-state index contributed by atoms with van der Waals surface area (Å²) in [5, 5.41) is 16.5. The molecule has 0 spiro atoms. The molecule has 0 aliphatic heterocycles. The third-order valence-electron chi connectivity index (χ3n) is 5.15. The quantitative estimate of drug-likeness (QED) is 0.128. The van der Waals surface area contributed by atoms with Crippen molar-refractivity contribution in [2.75, 3.05) is 5.32 Å². The molecule has 12 heteroatoms. The van der Waals surface area contributed by atoms with E-state index in [0.29, 0.717) is 42.8 Å². The Morgan fingerprint density at radius 3 is 2.32 bits per heavy atom. The highest BCUT2D eigenvalue weighted by atomic mass is 35.5. The number of amides is 1. The molecule has 0 aliphatic rings. The number of carbonyl (C=O) groups excluding carboxylic acids is 1. The minimum absolute atomic E-state index is 0.0527. The Labute approximate surface area is 242 Å². The second-order valence-electron chi connectivity index (χ2n) is 7.70. The van der Waals surface area contributed by atoms with Crippen molar-refractivity contribution in [1.29, 1.82) is 5.26 Å². The second kappa shape index (κ2) is 12.4. The van der Waals surface area contributed by atoms with E-state index in [1.807, 2.05) is 6.07 Å². The number of thioether (sulfide) groups is 1. The summed E-state index contributed by atoms with van der Waals surface area (Å²) >= 11 is 24.7. The van der Waals surface area contributed by atoms with Crippen molar-refractivity contribution >= 4 is 75.5 Å². The van der Waals surface area contributed by atoms with E-state index in [-0.39, 0.29) is 16.4 Å². The first kappa shape index (κ1) is 27.6. The third-order valence-corrected chi connectivity index (χ3v) is 7.18. The average Bonchev–Trinajstić information content (AvgIpc) is 2.90. The Morgan fingerprint density at radius 2 is 1.68 bits per heavy atom. The molecule has 7 nitrogen and oxygen atoms in total. The number of nitrogens with zero attached hydrogens (tertiary/aromatic N) is 2. The van der Waals surface area contributed by atoms with Gasteiger partial charge >= 0.3 is 0 Å². The van der Waals surface area contributed by atoms with Crippen LogP contribution in [0.1, 0.15) is 21.5 Å². The highest BCUT2D eigenvalue weighted by Crippen LogP contribution is 2.30. The van der Waals surface area contributed by atoms with Crippen LogP contribution in [0.3, 0.4) is 0 Å². The minimum atomic E-state index is -0.523. The first-order valence-corrected chi connectivity index (χ1v) is 13.4. The fourth-order valence-electron chi connectivity index (χ4n) is 3.28. The van der Waals surface area contributed by atoms with Crippen LogP contribution in [0.25, 0.3) is 11.3 Å². The number of carbonyl (C=O) groups is 1. The summed E-state index contributed by atoms with van der Waals surface area (Å²) in [4.78, 5) is 32.2. The maximum Gasteiger partial charge on any atom is 0.270 e. The first-order chi connectivity index (χ1) is 18.2. The normalized spacial score (nSPS) is 10.5. The summed E-state index contributed by atoms with van der Waals surface area (Å²) in [6.07, 6.45) is 0. The van der Waals surface area contributed by atoms with Crippen LogP contribution in [-0.2, 0) is 5.75 Å². The summed E-state index contributed by atoms with van der Waals surface area (Å²) < 4.78 is 0. The lowest BCUT2D eigenvalue weighted by atomic mass is 10.1. The summed E-state index contributed by atoms with van der Waals surface area (Å²) in [6.45, 7) is 0. The van der Waals surface area contributed by atoms with Gasteiger partial charge in [-0.05, 0) is 54.2 Å². The molecule has 3 N–H and O–H groups in total. The van der Waals surface area contributed by atoms with Crippen LogP contribution >= 0.6 is 58.8 Å². The van der Waals surface area contributed by atoms with Gasteiger partial charge in [-0.25, -0.2) is 4.98 Å². The predicted molar refractivity (Wildman–Crippen MR) is 156 cm³/mol. The van der Waals surface area contributed by atoms with Crippen molar-refractivity contribution in [2.24, 2.45) is 0 Å². The van der Waals surface area contributed by atoms with E-state index >= 15 is 0 Å². The largest absolute Gasteiger partial charge is 0.330 e. The maximum absolute atomic E-state index is 12.6. The SMILES string of the molecule is N#Cc1c(-c2ccc(Cl)cc2)nc(SCc2ccc(C(=O)NC(=S)Nc3c(Cl)cccc3Cl)cc2)[nH]c1=O. The second-order valence-corrected chi connectivity index (χ2v) is 10.3. The predicted octanol–water partition coefficient (Wildman–Crippen LogP) is 6.69. The molecule has 0 aliphatic carbocycles. The van der Waals surface area contributed by atoms with Gasteiger partial charge in [0.2, 0.25) is 0 Å². The number of thiocarbonyl (C=S) groups is 1. The third kappa shape index (κ3) is 6.72. The van der Waals surface area contributed by atoms with Gasteiger partial charge in [0.25, 0.3) is 11.5 Å². The zero-order valence-corrected chi connectivity index (χ0v) is 23.1. The summed E-state index contributed by atoms with van der Waals surface area (Å²) in [5.74, 6) is 0.0532. The van der Waals surface area contributed by atoms with E-state index in [1.54, 1.807) is 66.7 Å². The fourth-order valence-corrected chi connectivity index (χ4v) is 4.91. The van der Waals surface area contributed by atoms with Gasteiger partial charge in [-0.3, -0.25) is 14.9 Å². The van der Waals surface area contributed by atoms with Crippen LogP contribution in [0, 0.1) is 11.3 Å². The van der Waals surface area contributed by atoms with Gasteiger partial charge in [0.1, 0.15) is 11.6 Å². The molecule has 38 heavy (non-hydrogen) atoms. The number of nitriles is 1. The number of nitrogens with one attached hydrogen (secondary N) is 3. The molecule has 0 bridgehead atoms. The van der Waals surface area contributed by atoms with Crippen molar-refractivity contribution < 1.29 is 4.79 Å². The maximum atomic E-state index is 12.6. The van der Waals surface area contributed by atoms with Crippen molar-refractivity contribution in [3.05, 3.63) is 109 Å². The molecule has 3 aromatic carbocycles. The molecule has 4 rings (SSSR count). The Morgan fingerprint density at radius 1 is 1.03 bits per heavy atom. The molecule has 0 unspecified atom stereocenters. The molecule has 0 radical (unpaired) electrons. The lowest BCUT2D eigenvalue weighted by Gasteiger charge is -2.12. The van der Waals surface area contributed by atoms with Gasteiger partial charge in [-0.1, -0.05) is 76.9 Å². The molecule has 1 amide bonds. The lowest BCUT2D eigenvalue weighted by Crippen LogP contribution is -2.34. The topological polar surface area (TPSA) is 111 Å². The van der Waals surface area contributed by atoms with E-state index in [2.05, 4.69) is 20.6 Å². The van der Waals surface area contributed by atoms with Crippen molar-refractivity contribution in [3.8, 4) is 17.3 Å². The number of H-pyrrole nitrogens is 1. The number of hydrogen-bond acceptors (Lipinski definition) is 6. The molecule has 0 saturated carbocycles. The Balaban J connectivity index is 1.41. The zero-order valence-electron chi connectivity index (χ0n) is 19.2. The molecule has 0 saturated heterocycles. The molecule has 1 aromatic heterocycles. The zero-order chi connectivity index (χ0) is 27.2. The van der Waals surface area contributed by atoms with E-state index in [9.17, 15) is 14.9 Å². The van der Waals surface area contributed by atoms with Crippen LogP contribution in [0.2, 0.25) is 15.1 Å². The Bertz CT molecular complexity index is 1600. The molecule has 190 valence electrons. The summed E-state index contributed by atoms with van der Waals surface area (Å²) in [6, 6.07) is 20.5. The number of rotatable bonds is 6. The number of benzene rings is 3. The molecular formula is C26H16Cl3N5O2S2. The number of halogens is 3. The molecule has 0 fully saturated rings. The highest BCUT2D eigenvalue weighted by molar-refractivity contribution is 7.98. The molecule has 1 heterocycles. The molecule has 4 aromatic rings. The van der Waals surface area contributed by atoms with Crippen LogP contribution < -0.4 is 16.2 Å². The van der Waals surface area contributed by atoms with E-state index in [0.717, 1.165) is 5.56 Å². The van der Waals surface area contributed by atoms with Gasteiger partial charge in [0.15, 0.2) is 10.3 Å². The lowest BCUT2D eigenvalue weighted by molar-refractivity contribution is 0.0977. The van der Waals surface area contributed by atoms with E-state index in [1.165, 1.54) is 11.8 Å². The van der Waals surface area contributed by atoms with Crippen LogP contribution in [0.15, 0.2) is 76.7 Å². The highest BCUT2D eigenvalue weighted by Gasteiger charge is 2.15. The summed E-state index contributed by atoms with van der Waals surface area (Å²) in [7, 11) is 0. The number of anilines is 1. The number of aromatic amines is 1. The van der Waals surface area contributed by atoms with Crippen molar-refractivity contribution in [3.63, 3.8) is 0 Å². The van der Waals surface area contributed by atoms with E-state index < -0.39 is 11.5 Å². The first-order valence-electron chi connectivity index (χ1n) is 10.8. The van der Waals surface area contributed by atoms with Crippen molar-refractivity contribution in [1.82, 2.24) is 15.3 Å². The molecule has 0 atom stereocenters. The smallest absolute Gasteiger partial charge is 0.270 e. The Hall–Kier alpha value is -3.39. The summed E-state index contributed by atoms with van der Waals surface area (Å²) in [5.41, 5.74) is 1.98. The van der Waals surface area contributed by atoms with Crippen LogP contribution in [0.4, 0.5) is 5.69 Å². The van der Waals surface area contributed by atoms with Crippen molar-refractivity contribution in [2.45, 2.75) is 10.9 Å². The minimum Gasteiger partial charge on any atom is -0.330 e. The van der Waals surface area contributed by atoms with Crippen LogP contribution in [-0.4, -0.2) is 21.0 Å². The van der Waals surface area contributed by atoms with Gasteiger partial charge in [0.05, 0.1) is 21.4 Å². The standard InChI is InChI=1S/C26H16Cl3N5O2S2/c27-17-10-8-15(9-11-17)21-18(12-30)24(36)34-26(32-21)38-13-14-4-6-16(7-5-14)23(35)33-25(37)31-22-19(28)2-1-3-20(22)29/h1-11H,13H2,(H,32,34,36)(H2,31,33,35,37). The number of hydrogen-bond donors (Lipinski definition) is 3. The number of aromatic nitrogens is 2. The van der Waals surface area contributed by atoms with Crippen LogP contribution in [0.5, 0.6) is 0 Å². The van der Waals surface area contributed by atoms with E-state index in [4.69, 9.17) is 47.0 Å². The van der Waals surface area contributed by atoms with Gasteiger partial charge in [-0.2, -0.15) is 5.26 Å². The number of para-hydroxylation sites is 1. The molecular weight excluding hydrogens is 585 g/mol. The van der Waals surface area contributed by atoms with Gasteiger partial charge in [0, 0.05) is 21.9 Å². The van der Waals surface area contributed by atoms with Gasteiger partial charge < -0.3 is 10.3 Å². The van der Waals surface area contributed by atoms with Gasteiger partial charge in [-0.15, -0.1) is 0 Å².